The van der Waals surface area contributed by atoms with Crippen LogP contribution in [0.2, 0.25) is 0 Å². The number of benzene rings is 2. The second-order valence-electron chi connectivity index (χ2n) is 9.59. The monoisotopic (exact) mass is 516 g/mol. The molecule has 2 aromatic rings. The highest BCUT2D eigenvalue weighted by Crippen LogP contribution is 2.27. The van der Waals surface area contributed by atoms with E-state index in [9.17, 15) is 18.3 Å². The van der Waals surface area contributed by atoms with Crippen LogP contribution in [0, 0.1) is 5.92 Å². The Morgan fingerprint density at radius 1 is 1.22 bits per heavy atom. The standard InChI is InChI=1S/C26H36N4O5S/c1-29(16-20-10-12-27-14-20)36(33,34)25-9-5-4-8-24(25)35-19-26(32)28-15-23(31)18-30-13-11-21-6-2-3-7-22(21)17-30/h2-9,20,23,27,31H,10-19H2,1H3,(H,28,32)/t20?,23-/m1/s1. The number of β-amino-alcohol motifs (C(OH)–C–C–N with tert-alkyl or cyclic N) is 1. The van der Waals surface area contributed by atoms with Crippen LogP contribution in [-0.4, -0.2) is 87.7 Å². The van der Waals surface area contributed by atoms with Gasteiger partial charge in [0.1, 0.15) is 10.6 Å². The van der Waals surface area contributed by atoms with Crippen LogP contribution in [-0.2, 0) is 27.8 Å². The molecule has 9 nitrogen and oxygen atoms in total. The van der Waals surface area contributed by atoms with Crippen LogP contribution < -0.4 is 15.4 Å². The molecule has 0 spiro atoms. The van der Waals surface area contributed by atoms with E-state index in [4.69, 9.17) is 4.74 Å². The number of nitrogens with zero attached hydrogens (tertiary/aromatic N) is 2. The van der Waals surface area contributed by atoms with Crippen LogP contribution in [0.25, 0.3) is 0 Å². The number of amides is 1. The molecule has 10 heteroatoms. The summed E-state index contributed by atoms with van der Waals surface area (Å²) in [6, 6.07) is 14.7. The minimum Gasteiger partial charge on any atom is -0.482 e. The molecule has 2 aliphatic heterocycles. The Hall–Kier alpha value is -2.50. The van der Waals surface area contributed by atoms with Gasteiger partial charge in [-0.1, -0.05) is 36.4 Å². The fraction of sp³-hybridized carbons (Fsp3) is 0.500. The quantitative estimate of drug-likeness (QED) is 0.406. The number of aliphatic hydroxyl groups excluding tert-OH is 1. The highest BCUT2D eigenvalue weighted by atomic mass is 32.2. The van der Waals surface area contributed by atoms with E-state index >= 15 is 0 Å². The number of aliphatic hydroxyl groups is 1. The van der Waals surface area contributed by atoms with Crippen LogP contribution in [0.3, 0.4) is 0 Å². The molecular weight excluding hydrogens is 480 g/mol. The third kappa shape index (κ3) is 6.83. The van der Waals surface area contributed by atoms with Gasteiger partial charge in [-0.15, -0.1) is 0 Å². The Morgan fingerprint density at radius 2 is 1.97 bits per heavy atom. The number of ether oxygens (including phenoxy) is 1. The van der Waals surface area contributed by atoms with Crippen LogP contribution in [0.15, 0.2) is 53.4 Å². The van der Waals surface area contributed by atoms with Gasteiger partial charge in [0.15, 0.2) is 6.61 Å². The second-order valence-corrected chi connectivity index (χ2v) is 11.6. The number of para-hydroxylation sites is 1. The van der Waals surface area contributed by atoms with Crippen molar-refractivity contribution in [3.63, 3.8) is 0 Å². The van der Waals surface area contributed by atoms with Gasteiger partial charge in [0.2, 0.25) is 10.0 Å². The predicted octanol–water partition coefficient (Wildman–Crippen LogP) is 0.831. The molecule has 1 saturated heterocycles. The summed E-state index contributed by atoms with van der Waals surface area (Å²) < 4.78 is 33.3. The van der Waals surface area contributed by atoms with Crippen molar-refractivity contribution in [2.24, 2.45) is 5.92 Å². The number of carbonyl (C=O) groups is 1. The molecule has 196 valence electrons. The summed E-state index contributed by atoms with van der Waals surface area (Å²) in [6.45, 7) is 3.97. The summed E-state index contributed by atoms with van der Waals surface area (Å²) in [5.74, 6) is -0.0121. The molecule has 3 N–H and O–H groups in total. The number of carbonyl (C=O) groups excluding carboxylic acids is 1. The largest absolute Gasteiger partial charge is 0.482 e. The maximum Gasteiger partial charge on any atom is 0.258 e. The van der Waals surface area contributed by atoms with Crippen molar-refractivity contribution < 1.29 is 23.1 Å². The topological polar surface area (TPSA) is 111 Å². The fourth-order valence-electron chi connectivity index (χ4n) is 4.78. The summed E-state index contributed by atoms with van der Waals surface area (Å²) in [5, 5.41) is 16.4. The minimum absolute atomic E-state index is 0.0386. The van der Waals surface area contributed by atoms with Crippen molar-refractivity contribution in [1.82, 2.24) is 19.8 Å². The van der Waals surface area contributed by atoms with E-state index in [1.54, 1.807) is 25.2 Å². The Labute approximate surface area is 213 Å². The van der Waals surface area contributed by atoms with Gasteiger partial charge in [-0.25, -0.2) is 12.7 Å². The minimum atomic E-state index is -3.77. The average Bonchev–Trinajstić information content (AvgIpc) is 3.39. The van der Waals surface area contributed by atoms with Crippen molar-refractivity contribution in [3.8, 4) is 5.75 Å². The predicted molar refractivity (Wildman–Crippen MR) is 137 cm³/mol. The highest BCUT2D eigenvalue weighted by molar-refractivity contribution is 7.89. The summed E-state index contributed by atoms with van der Waals surface area (Å²) in [4.78, 5) is 14.6. The molecule has 0 aromatic heterocycles. The van der Waals surface area contributed by atoms with Crippen molar-refractivity contribution >= 4 is 15.9 Å². The van der Waals surface area contributed by atoms with E-state index < -0.39 is 22.0 Å². The number of hydrogen-bond acceptors (Lipinski definition) is 7. The van der Waals surface area contributed by atoms with Gasteiger partial charge in [-0.05, 0) is 55.1 Å². The number of nitrogens with one attached hydrogen (secondary N) is 2. The smallest absolute Gasteiger partial charge is 0.258 e. The summed E-state index contributed by atoms with van der Waals surface area (Å²) in [6.07, 6.45) is 1.17. The number of rotatable bonds is 11. The molecule has 1 unspecified atom stereocenters. The third-order valence-electron chi connectivity index (χ3n) is 6.79. The maximum atomic E-state index is 13.2. The Bertz CT molecular complexity index is 1140. The Morgan fingerprint density at radius 3 is 2.75 bits per heavy atom. The van der Waals surface area contributed by atoms with Crippen LogP contribution >= 0.6 is 0 Å². The van der Waals surface area contributed by atoms with Crippen molar-refractivity contribution in [3.05, 3.63) is 59.7 Å². The zero-order valence-electron chi connectivity index (χ0n) is 20.7. The average molecular weight is 517 g/mol. The van der Waals surface area contributed by atoms with Crippen LogP contribution in [0.4, 0.5) is 0 Å². The fourth-order valence-corrected chi connectivity index (χ4v) is 6.16. The molecule has 2 atom stereocenters. The zero-order valence-corrected chi connectivity index (χ0v) is 21.5. The second kappa shape index (κ2) is 12.2. The first-order chi connectivity index (χ1) is 17.3. The van der Waals surface area contributed by atoms with Gasteiger partial charge >= 0.3 is 0 Å². The molecule has 0 aliphatic carbocycles. The van der Waals surface area contributed by atoms with Crippen LogP contribution in [0.1, 0.15) is 17.5 Å². The Balaban J connectivity index is 1.25. The molecule has 0 bridgehead atoms. The lowest BCUT2D eigenvalue weighted by atomic mass is 10.00. The molecule has 2 aliphatic rings. The maximum absolute atomic E-state index is 13.2. The van der Waals surface area contributed by atoms with Gasteiger partial charge in [-0.3, -0.25) is 9.69 Å². The third-order valence-corrected chi connectivity index (χ3v) is 8.65. The van der Waals surface area contributed by atoms with Crippen molar-refractivity contribution in [1.29, 1.82) is 0 Å². The first-order valence-corrected chi connectivity index (χ1v) is 13.9. The SMILES string of the molecule is CN(CC1CCNC1)S(=O)(=O)c1ccccc1OCC(=O)NC[C@@H](O)CN1CCc2ccccc2C1. The van der Waals surface area contributed by atoms with E-state index in [1.165, 1.54) is 21.5 Å². The first kappa shape index (κ1) is 26.6. The summed E-state index contributed by atoms with van der Waals surface area (Å²) in [7, 11) is -2.20. The summed E-state index contributed by atoms with van der Waals surface area (Å²) >= 11 is 0. The molecule has 36 heavy (non-hydrogen) atoms. The number of fused-ring (bicyclic) bond motifs is 1. The molecule has 2 aromatic carbocycles. The molecule has 0 saturated carbocycles. The molecular formula is C26H36N4O5S. The van der Waals surface area contributed by atoms with E-state index in [2.05, 4.69) is 27.7 Å². The number of hydrogen-bond donors (Lipinski definition) is 3. The zero-order chi connectivity index (χ0) is 25.5. The first-order valence-electron chi connectivity index (χ1n) is 12.5. The molecule has 1 amide bonds. The van der Waals surface area contributed by atoms with Gasteiger partial charge in [0, 0.05) is 39.8 Å². The van der Waals surface area contributed by atoms with Crippen molar-refractivity contribution in [2.75, 3.05) is 52.9 Å². The molecule has 1 fully saturated rings. The molecule has 0 radical (unpaired) electrons. The van der Waals surface area contributed by atoms with Crippen LogP contribution in [0.5, 0.6) is 5.75 Å². The molecule has 2 heterocycles. The van der Waals surface area contributed by atoms with E-state index in [-0.39, 0.29) is 29.7 Å². The van der Waals surface area contributed by atoms with Gasteiger partial charge in [0.25, 0.3) is 5.91 Å². The number of sulfonamides is 1. The van der Waals surface area contributed by atoms with Gasteiger partial charge < -0.3 is 20.5 Å². The van der Waals surface area contributed by atoms with Gasteiger partial charge in [0.05, 0.1) is 6.10 Å². The summed E-state index contributed by atoms with van der Waals surface area (Å²) in [5.41, 5.74) is 2.62. The lowest BCUT2D eigenvalue weighted by Crippen LogP contribution is -2.43. The molecule has 4 rings (SSSR count). The Kier molecular flexibility index (Phi) is 8.97. The normalized spacial score (nSPS) is 19.1. The lowest BCUT2D eigenvalue weighted by Gasteiger charge is -2.30. The van der Waals surface area contributed by atoms with E-state index in [1.807, 2.05) is 12.1 Å². The van der Waals surface area contributed by atoms with E-state index in [0.717, 1.165) is 39.0 Å². The lowest BCUT2D eigenvalue weighted by molar-refractivity contribution is -0.123. The van der Waals surface area contributed by atoms with Crippen molar-refractivity contribution in [2.45, 2.75) is 30.4 Å². The van der Waals surface area contributed by atoms with Gasteiger partial charge in [-0.2, -0.15) is 0 Å². The van der Waals surface area contributed by atoms with E-state index in [0.29, 0.717) is 13.1 Å². The highest BCUT2D eigenvalue weighted by Gasteiger charge is 2.28.